The van der Waals surface area contributed by atoms with Crippen LogP contribution in [0.2, 0.25) is 0 Å². The van der Waals surface area contributed by atoms with Gasteiger partial charge in [0.25, 0.3) is 0 Å². The van der Waals surface area contributed by atoms with E-state index in [0.29, 0.717) is 5.75 Å². The van der Waals surface area contributed by atoms with Crippen LogP contribution in [-0.2, 0) is 19.6 Å². The molecule has 0 aliphatic heterocycles. The summed E-state index contributed by atoms with van der Waals surface area (Å²) in [5, 5.41) is 1.46. The fourth-order valence-corrected chi connectivity index (χ4v) is 6.05. The molecule has 12 heteroatoms. The smallest absolute Gasteiger partial charge is 0.485 e. The molecule has 0 fully saturated rings. The number of halogens is 3. The van der Waals surface area contributed by atoms with E-state index in [2.05, 4.69) is 0 Å². The Labute approximate surface area is 212 Å². The first-order chi connectivity index (χ1) is 17.3. The molecule has 0 saturated heterocycles. The Kier molecular flexibility index (Phi) is 8.25. The SMILES string of the molecule is COC(=O)C(C)c1cc(-[s+]2c3ccccc3c(=O)c3ccccc32)ccc1OC.O=S(=O)([O-])C(F)(F)F. The number of esters is 1. The van der Waals surface area contributed by atoms with Crippen LogP contribution in [0.4, 0.5) is 13.2 Å². The van der Waals surface area contributed by atoms with Gasteiger partial charge in [0, 0.05) is 28.2 Å². The Hall–Kier alpha value is -3.48. The molecule has 0 amide bonds. The Bertz CT molecular complexity index is 1570. The average Bonchev–Trinajstić information content (AvgIpc) is 2.87. The largest absolute Gasteiger partial charge is 0.741 e. The highest BCUT2D eigenvalue weighted by atomic mass is 32.2. The first kappa shape index (κ1) is 28.1. The van der Waals surface area contributed by atoms with Gasteiger partial charge in [-0.15, -0.1) is 0 Å². The van der Waals surface area contributed by atoms with Crippen molar-refractivity contribution >= 4 is 46.7 Å². The Morgan fingerprint density at radius 2 is 1.43 bits per heavy atom. The van der Waals surface area contributed by atoms with Gasteiger partial charge < -0.3 is 14.0 Å². The number of alkyl halides is 3. The van der Waals surface area contributed by atoms with E-state index in [1.807, 2.05) is 73.7 Å². The minimum absolute atomic E-state index is 0.0524. The number of benzene rings is 3. The quantitative estimate of drug-likeness (QED) is 0.109. The summed E-state index contributed by atoms with van der Waals surface area (Å²) >= 11 is 0. The summed E-state index contributed by atoms with van der Waals surface area (Å²) < 4.78 is 71.3. The number of carbonyl (C=O) groups is 1. The van der Waals surface area contributed by atoms with Crippen LogP contribution < -0.4 is 10.2 Å². The molecule has 3 aromatic carbocycles. The van der Waals surface area contributed by atoms with Crippen LogP contribution in [0.3, 0.4) is 0 Å². The molecule has 1 unspecified atom stereocenters. The van der Waals surface area contributed by atoms with Gasteiger partial charge in [-0.05, 0) is 37.3 Å². The zero-order valence-corrected chi connectivity index (χ0v) is 21.4. The number of fused-ring (bicyclic) bond motifs is 2. The van der Waals surface area contributed by atoms with E-state index in [1.165, 1.54) is 7.11 Å². The lowest BCUT2D eigenvalue weighted by Crippen LogP contribution is -2.21. The molecule has 4 aromatic rings. The summed E-state index contributed by atoms with van der Waals surface area (Å²) in [6.07, 6.45) is 0. The van der Waals surface area contributed by atoms with E-state index < -0.39 is 32.0 Å². The molecule has 0 aliphatic carbocycles. The predicted molar refractivity (Wildman–Crippen MR) is 134 cm³/mol. The predicted octanol–water partition coefficient (Wildman–Crippen LogP) is 5.43. The zero-order chi connectivity index (χ0) is 27.5. The van der Waals surface area contributed by atoms with Crippen LogP contribution in [0, 0.1) is 0 Å². The number of hydrogen-bond acceptors (Lipinski definition) is 7. The number of rotatable bonds is 4. The van der Waals surface area contributed by atoms with E-state index in [1.54, 1.807) is 7.11 Å². The van der Waals surface area contributed by atoms with E-state index in [4.69, 9.17) is 22.4 Å². The third-order valence-electron chi connectivity index (χ3n) is 5.44. The van der Waals surface area contributed by atoms with Crippen LogP contribution in [0.5, 0.6) is 5.75 Å². The maximum atomic E-state index is 13.0. The third kappa shape index (κ3) is 5.76. The second-order valence-electron chi connectivity index (χ2n) is 7.68. The summed E-state index contributed by atoms with van der Waals surface area (Å²) in [5.41, 5.74) is -4.82. The Morgan fingerprint density at radius 1 is 0.946 bits per heavy atom. The number of hydrogen-bond donors (Lipinski definition) is 0. The third-order valence-corrected chi connectivity index (χ3v) is 8.33. The van der Waals surface area contributed by atoms with E-state index in [9.17, 15) is 22.8 Å². The van der Waals surface area contributed by atoms with Crippen molar-refractivity contribution in [2.24, 2.45) is 0 Å². The maximum Gasteiger partial charge on any atom is 0.485 e. The van der Waals surface area contributed by atoms with Crippen molar-refractivity contribution in [1.29, 1.82) is 0 Å². The molecule has 196 valence electrons. The van der Waals surface area contributed by atoms with E-state index in [-0.39, 0.29) is 11.4 Å². The van der Waals surface area contributed by atoms with Gasteiger partial charge in [-0.25, -0.2) is 8.42 Å². The fourth-order valence-electron chi connectivity index (χ4n) is 3.66. The molecule has 1 atom stereocenters. The highest BCUT2D eigenvalue weighted by Crippen LogP contribution is 2.45. The number of methoxy groups -OCH3 is 2. The van der Waals surface area contributed by atoms with Gasteiger partial charge in [-0.3, -0.25) is 9.59 Å². The van der Waals surface area contributed by atoms with Gasteiger partial charge in [-0.2, -0.15) is 13.2 Å². The minimum Gasteiger partial charge on any atom is -0.741 e. The molecule has 37 heavy (non-hydrogen) atoms. The zero-order valence-electron chi connectivity index (χ0n) is 19.7. The molecular weight excluding hydrogens is 533 g/mol. The lowest BCUT2D eigenvalue weighted by Gasteiger charge is -2.14. The van der Waals surface area contributed by atoms with Crippen LogP contribution in [0.1, 0.15) is 18.4 Å². The van der Waals surface area contributed by atoms with E-state index in [0.717, 1.165) is 30.6 Å². The molecule has 0 radical (unpaired) electrons. The van der Waals surface area contributed by atoms with Crippen molar-refractivity contribution in [3.05, 3.63) is 82.5 Å². The highest BCUT2D eigenvalue weighted by Gasteiger charge is 2.37. The number of carbonyl (C=O) groups excluding carboxylic acids is 1. The Morgan fingerprint density at radius 3 is 1.86 bits per heavy atom. The summed E-state index contributed by atoms with van der Waals surface area (Å²) in [6, 6.07) is 21.4. The molecule has 0 bridgehead atoms. The highest BCUT2D eigenvalue weighted by molar-refractivity contribution is 7.86. The molecule has 0 aliphatic rings. The van der Waals surface area contributed by atoms with Gasteiger partial charge >= 0.3 is 11.5 Å². The van der Waals surface area contributed by atoms with E-state index >= 15 is 0 Å². The standard InChI is InChI=1S/C24H21O4S.CHF3O3S/c1-15(24(26)28-3)19-14-16(12-13-20(19)27-2)29-21-10-6-4-8-17(21)23(25)18-9-5-7-11-22(18)29;2-1(3,4)8(5,6)7/h4-15H,1-3H3;(H,5,6,7)/q+1;/p-1. The van der Waals surface area contributed by atoms with Crippen molar-refractivity contribution in [3.63, 3.8) is 0 Å². The summed E-state index contributed by atoms with van der Waals surface area (Å²) in [7, 11) is -3.57. The summed E-state index contributed by atoms with van der Waals surface area (Å²) in [5.74, 6) is -0.135. The monoisotopic (exact) mass is 554 g/mol. The molecule has 0 N–H and O–H groups in total. The summed E-state index contributed by atoms with van der Waals surface area (Å²) in [6.45, 7) is 1.81. The lowest BCUT2D eigenvalue weighted by molar-refractivity contribution is -0.142. The van der Waals surface area contributed by atoms with Crippen LogP contribution in [-0.4, -0.2) is 38.7 Å². The van der Waals surface area contributed by atoms with Crippen molar-refractivity contribution in [1.82, 2.24) is 0 Å². The summed E-state index contributed by atoms with van der Waals surface area (Å²) in [4.78, 5) is 26.2. The molecule has 1 heterocycles. The van der Waals surface area contributed by atoms with Crippen molar-refractivity contribution in [3.8, 4) is 10.6 Å². The first-order valence-corrected chi connectivity index (χ1v) is 13.2. The van der Waals surface area contributed by atoms with Crippen molar-refractivity contribution in [2.75, 3.05) is 14.2 Å². The molecule has 1 aromatic heterocycles. The van der Waals surface area contributed by atoms with Crippen molar-refractivity contribution in [2.45, 2.75) is 18.3 Å². The second-order valence-corrected chi connectivity index (χ2v) is 11.0. The lowest BCUT2D eigenvalue weighted by atomic mass is 10.0. The number of ether oxygens (including phenoxy) is 2. The Balaban J connectivity index is 0.000000414. The fraction of sp³-hybridized carbons (Fsp3) is 0.200. The van der Waals surface area contributed by atoms with Gasteiger partial charge in [0.15, 0.2) is 24.4 Å². The second kappa shape index (κ2) is 10.9. The average molecular weight is 555 g/mol. The van der Waals surface area contributed by atoms with Gasteiger partial charge in [-0.1, -0.05) is 24.3 Å². The van der Waals surface area contributed by atoms with Gasteiger partial charge in [0.2, 0.25) is 5.43 Å². The normalized spacial score (nSPS) is 12.5. The maximum absolute atomic E-state index is 13.0. The molecular formula is C25H21F3O7S2. The molecule has 4 rings (SSSR count). The van der Waals surface area contributed by atoms with Crippen LogP contribution >= 0.6 is 10.5 Å². The molecule has 0 spiro atoms. The molecule has 7 nitrogen and oxygen atoms in total. The first-order valence-electron chi connectivity index (χ1n) is 10.6. The van der Waals surface area contributed by atoms with Gasteiger partial charge in [0.05, 0.1) is 30.9 Å². The van der Waals surface area contributed by atoms with Crippen molar-refractivity contribution < 1.29 is 40.4 Å². The molecule has 0 saturated carbocycles. The topological polar surface area (TPSA) is 110 Å². The van der Waals surface area contributed by atoms with Crippen LogP contribution in [0.15, 0.2) is 71.5 Å². The van der Waals surface area contributed by atoms with Crippen LogP contribution in [0.25, 0.3) is 25.1 Å². The van der Waals surface area contributed by atoms with Gasteiger partial charge in [0.1, 0.15) is 5.75 Å². The minimum atomic E-state index is -6.09.